The summed E-state index contributed by atoms with van der Waals surface area (Å²) in [6.07, 6.45) is 0.443. The number of hydrogen-bond acceptors (Lipinski definition) is 11. The van der Waals surface area contributed by atoms with Crippen molar-refractivity contribution in [3.8, 4) is 0 Å². The number of epoxide rings is 1. The summed E-state index contributed by atoms with van der Waals surface area (Å²) >= 11 is 0. The van der Waals surface area contributed by atoms with Crippen molar-refractivity contribution >= 4 is 17.9 Å². The van der Waals surface area contributed by atoms with Gasteiger partial charge in [0, 0.05) is 6.61 Å². The minimum absolute atomic E-state index is 0.00212. The molecule has 3 aromatic rings. The van der Waals surface area contributed by atoms with Crippen LogP contribution in [0.4, 0.5) is 0 Å². The van der Waals surface area contributed by atoms with Crippen molar-refractivity contribution in [3.05, 3.63) is 108 Å². The summed E-state index contributed by atoms with van der Waals surface area (Å²) in [5.74, 6) is -1.67. The quantitative estimate of drug-likeness (QED) is 0.0685. The van der Waals surface area contributed by atoms with Crippen LogP contribution in [0.5, 0.6) is 0 Å². The highest BCUT2D eigenvalue weighted by atomic mass is 16.8. The van der Waals surface area contributed by atoms with E-state index in [1.165, 1.54) is 6.42 Å². The van der Waals surface area contributed by atoms with E-state index in [0.29, 0.717) is 23.3 Å². The molecule has 11 heteroatoms. The summed E-state index contributed by atoms with van der Waals surface area (Å²) in [6, 6.07) is 25.8. The zero-order valence-electron chi connectivity index (χ0n) is 28.1. The van der Waals surface area contributed by atoms with Gasteiger partial charge in [0.05, 0.1) is 23.3 Å². The van der Waals surface area contributed by atoms with E-state index in [1.807, 2.05) is 6.07 Å². The zero-order chi connectivity index (χ0) is 34.7. The van der Waals surface area contributed by atoms with Crippen molar-refractivity contribution in [3.63, 3.8) is 0 Å². The first-order valence-electron chi connectivity index (χ1n) is 17.5. The van der Waals surface area contributed by atoms with Crippen molar-refractivity contribution in [1.29, 1.82) is 0 Å². The molecule has 3 heterocycles. The standard InChI is InChI=1S/C39H44O11/c1-2-3-4-5-6-16-23-43-38-34(50-37(42)28-21-14-9-15-22-28)32(49-36(41)27-19-12-8-13-20-27)30(46-38)25-45-39-33-31(48-33)29(47-39)24-44-35(40)26-17-10-7-11-18-26/h7-15,17-22,29-34,38-39H,2-6,16,23-25H2,1H3/t29-,30-,31-,32-,33-,34+,38+,39?/m1/s1. The van der Waals surface area contributed by atoms with Crippen LogP contribution >= 0.6 is 0 Å². The summed E-state index contributed by atoms with van der Waals surface area (Å²) < 4.78 is 47.9. The van der Waals surface area contributed by atoms with E-state index >= 15 is 0 Å². The number of carbonyl (C=O) groups excluding carboxylic acids is 3. The molecule has 0 amide bonds. The fourth-order valence-corrected chi connectivity index (χ4v) is 6.10. The van der Waals surface area contributed by atoms with Crippen molar-refractivity contribution in [2.24, 2.45) is 0 Å². The van der Waals surface area contributed by atoms with E-state index in [-0.39, 0.29) is 25.4 Å². The highest BCUT2D eigenvalue weighted by molar-refractivity contribution is 5.90. The maximum absolute atomic E-state index is 13.3. The summed E-state index contributed by atoms with van der Waals surface area (Å²) in [5, 5.41) is 0. The van der Waals surface area contributed by atoms with Crippen LogP contribution in [0.25, 0.3) is 0 Å². The van der Waals surface area contributed by atoms with Gasteiger partial charge in [0.1, 0.15) is 31.0 Å². The Labute approximate surface area is 292 Å². The fraction of sp³-hybridized carbons (Fsp3) is 0.462. The van der Waals surface area contributed by atoms with Crippen LogP contribution < -0.4 is 0 Å². The largest absolute Gasteiger partial charge is 0.459 e. The topological polar surface area (TPSA) is 128 Å². The lowest BCUT2D eigenvalue weighted by atomic mass is 10.1. The number of esters is 3. The minimum Gasteiger partial charge on any atom is -0.459 e. The first-order chi connectivity index (χ1) is 24.5. The van der Waals surface area contributed by atoms with E-state index in [9.17, 15) is 14.4 Å². The molecule has 3 aliphatic rings. The molecular formula is C39H44O11. The number of benzene rings is 3. The molecule has 3 aliphatic heterocycles. The molecule has 1 unspecified atom stereocenters. The number of carbonyl (C=O) groups is 3. The second-order valence-corrected chi connectivity index (χ2v) is 12.6. The Morgan fingerprint density at radius 2 is 1.08 bits per heavy atom. The smallest absolute Gasteiger partial charge is 0.338 e. The summed E-state index contributed by atoms with van der Waals surface area (Å²) in [4.78, 5) is 39.1. The normalized spacial score (nSPS) is 26.6. The highest BCUT2D eigenvalue weighted by Gasteiger charge is 2.60. The third-order valence-electron chi connectivity index (χ3n) is 8.87. The average molecular weight is 689 g/mol. The summed E-state index contributed by atoms with van der Waals surface area (Å²) in [7, 11) is 0. The Morgan fingerprint density at radius 3 is 1.70 bits per heavy atom. The molecule has 0 saturated carbocycles. The average Bonchev–Trinajstić information content (AvgIpc) is 3.79. The second kappa shape index (κ2) is 17.7. The Morgan fingerprint density at radius 1 is 0.540 bits per heavy atom. The van der Waals surface area contributed by atoms with E-state index in [4.69, 9.17) is 37.9 Å². The predicted molar refractivity (Wildman–Crippen MR) is 179 cm³/mol. The van der Waals surface area contributed by atoms with Gasteiger partial charge in [-0.05, 0) is 42.8 Å². The van der Waals surface area contributed by atoms with Crippen LogP contribution in [-0.4, -0.2) is 86.9 Å². The van der Waals surface area contributed by atoms with Crippen LogP contribution in [-0.2, 0) is 37.9 Å². The van der Waals surface area contributed by atoms with E-state index < -0.39 is 54.9 Å². The summed E-state index contributed by atoms with van der Waals surface area (Å²) in [6.45, 7) is 2.46. The molecule has 0 spiro atoms. The molecule has 3 fully saturated rings. The van der Waals surface area contributed by atoms with Crippen LogP contribution in [0.1, 0.15) is 76.5 Å². The zero-order valence-corrected chi connectivity index (χ0v) is 28.1. The Kier molecular flexibility index (Phi) is 12.6. The number of hydrogen-bond donors (Lipinski definition) is 0. The molecule has 6 rings (SSSR count). The first-order valence-corrected chi connectivity index (χ1v) is 17.5. The van der Waals surface area contributed by atoms with Crippen LogP contribution in [0.3, 0.4) is 0 Å². The number of ether oxygens (including phenoxy) is 8. The monoisotopic (exact) mass is 688 g/mol. The SMILES string of the molecule is CCCCCCCCO[C@H]1O[C@H](COC2O[C@H](COC(=O)c3ccccc3)[C@H]3O[C@@H]23)[C@@H](OC(=O)c2ccccc2)[C@@H]1OC(=O)c1ccccc1. The fourth-order valence-electron chi connectivity index (χ4n) is 6.10. The maximum Gasteiger partial charge on any atom is 0.338 e. The predicted octanol–water partition coefficient (Wildman–Crippen LogP) is 5.91. The van der Waals surface area contributed by atoms with Crippen molar-refractivity contribution < 1.29 is 52.3 Å². The Bertz CT molecular complexity index is 1520. The van der Waals surface area contributed by atoms with E-state index in [0.717, 1.165) is 32.1 Å². The Balaban J connectivity index is 1.12. The molecule has 8 atom stereocenters. The van der Waals surface area contributed by atoms with Gasteiger partial charge in [0.25, 0.3) is 0 Å². The molecule has 50 heavy (non-hydrogen) atoms. The molecule has 3 saturated heterocycles. The third kappa shape index (κ3) is 9.35. The molecular weight excluding hydrogens is 644 g/mol. The number of rotatable bonds is 18. The lowest BCUT2D eigenvalue weighted by Gasteiger charge is -2.25. The molecule has 3 aromatic carbocycles. The Hall–Kier alpha value is -4.13. The second-order valence-electron chi connectivity index (χ2n) is 12.6. The molecule has 0 aromatic heterocycles. The molecule has 0 N–H and O–H groups in total. The van der Waals surface area contributed by atoms with E-state index in [1.54, 1.807) is 84.9 Å². The third-order valence-corrected chi connectivity index (χ3v) is 8.87. The van der Waals surface area contributed by atoms with Gasteiger partial charge in [-0.25, -0.2) is 14.4 Å². The number of unbranched alkanes of at least 4 members (excludes halogenated alkanes) is 5. The van der Waals surface area contributed by atoms with E-state index in [2.05, 4.69) is 6.92 Å². The lowest BCUT2D eigenvalue weighted by molar-refractivity contribution is -0.210. The molecule has 0 bridgehead atoms. The van der Waals surface area contributed by atoms with Crippen molar-refractivity contribution in [2.45, 2.75) is 94.7 Å². The first kappa shape index (κ1) is 35.7. The lowest BCUT2D eigenvalue weighted by Crippen LogP contribution is -2.43. The van der Waals surface area contributed by atoms with Gasteiger partial charge in [0.2, 0.25) is 0 Å². The van der Waals surface area contributed by atoms with Gasteiger partial charge >= 0.3 is 17.9 Å². The molecule has 266 valence electrons. The van der Waals surface area contributed by atoms with Crippen molar-refractivity contribution in [2.75, 3.05) is 19.8 Å². The van der Waals surface area contributed by atoms with Crippen LogP contribution in [0.15, 0.2) is 91.0 Å². The number of fused-ring (bicyclic) bond motifs is 1. The van der Waals surface area contributed by atoms with Crippen molar-refractivity contribution in [1.82, 2.24) is 0 Å². The molecule has 0 aliphatic carbocycles. The van der Waals surface area contributed by atoms with Gasteiger partial charge in [-0.15, -0.1) is 0 Å². The molecule has 0 radical (unpaired) electrons. The minimum atomic E-state index is -1.08. The van der Waals surface area contributed by atoms with Gasteiger partial charge in [-0.3, -0.25) is 0 Å². The maximum atomic E-state index is 13.3. The van der Waals surface area contributed by atoms with Gasteiger partial charge in [-0.2, -0.15) is 0 Å². The summed E-state index contributed by atoms with van der Waals surface area (Å²) in [5.41, 5.74) is 1.11. The van der Waals surface area contributed by atoms with Gasteiger partial charge in [-0.1, -0.05) is 93.6 Å². The van der Waals surface area contributed by atoms with Crippen LogP contribution in [0, 0.1) is 0 Å². The van der Waals surface area contributed by atoms with Gasteiger partial charge in [0.15, 0.2) is 24.8 Å². The van der Waals surface area contributed by atoms with Gasteiger partial charge < -0.3 is 37.9 Å². The molecule has 11 nitrogen and oxygen atoms in total. The highest BCUT2D eigenvalue weighted by Crippen LogP contribution is 2.40. The van der Waals surface area contributed by atoms with Crippen LogP contribution in [0.2, 0.25) is 0 Å².